The summed E-state index contributed by atoms with van der Waals surface area (Å²) in [5.41, 5.74) is 1.87. The Morgan fingerprint density at radius 1 is 0.878 bits per heavy atom. The van der Waals surface area contributed by atoms with E-state index in [-0.39, 0.29) is 17.1 Å². The smallest absolute Gasteiger partial charge is 0.358 e. The number of benzene rings is 4. The fraction of sp³-hybridized carbons (Fsp3) is 0.235. The van der Waals surface area contributed by atoms with Gasteiger partial charge in [-0.3, -0.25) is 4.68 Å². The van der Waals surface area contributed by atoms with Crippen molar-refractivity contribution in [3.63, 3.8) is 0 Å². The number of nitrogens with zero attached hydrogens (tertiary/aromatic N) is 2. The van der Waals surface area contributed by atoms with Crippen molar-refractivity contribution in [2.75, 3.05) is 7.11 Å². The third-order valence-electron chi connectivity index (χ3n) is 6.12. The average molecular weight is 571 g/mol. The minimum Gasteiger partial charge on any atom is -0.488 e. The lowest BCUT2D eigenvalue weighted by Gasteiger charge is -2.23. The van der Waals surface area contributed by atoms with Crippen LogP contribution >= 0.6 is 11.8 Å². The first-order valence-corrected chi connectivity index (χ1v) is 14.2. The molecule has 0 aliphatic carbocycles. The SMILES string of the molecule is COC(=O)c1cc(CCc2cc(OC(C)(C)C)c3ccc(F)cc3c2)n(C)n1.c1ccc(Sc2ccccc2)cc1. The number of hydrogen-bond donors (Lipinski definition) is 0. The van der Waals surface area contributed by atoms with Gasteiger partial charge < -0.3 is 9.47 Å². The topological polar surface area (TPSA) is 53.4 Å². The first kappa shape index (κ1) is 29.9. The molecule has 0 saturated carbocycles. The molecule has 1 aromatic heterocycles. The Balaban J connectivity index is 0.000000247. The number of halogens is 1. The van der Waals surface area contributed by atoms with Crippen LogP contribution in [0.5, 0.6) is 5.75 Å². The van der Waals surface area contributed by atoms with Crippen LogP contribution in [0.15, 0.2) is 107 Å². The van der Waals surface area contributed by atoms with Crippen molar-refractivity contribution in [1.29, 1.82) is 0 Å². The van der Waals surface area contributed by atoms with Gasteiger partial charge in [-0.2, -0.15) is 5.10 Å². The molecule has 0 fully saturated rings. The lowest BCUT2D eigenvalue weighted by molar-refractivity contribution is 0.0593. The van der Waals surface area contributed by atoms with Gasteiger partial charge in [-0.05, 0) is 99.2 Å². The van der Waals surface area contributed by atoms with E-state index in [1.807, 2.05) is 45.0 Å². The molecule has 0 bridgehead atoms. The van der Waals surface area contributed by atoms with Crippen molar-refractivity contribution in [3.05, 3.63) is 120 Å². The molecule has 0 aliphatic rings. The number of carbonyl (C=O) groups is 1. The van der Waals surface area contributed by atoms with Gasteiger partial charge in [0, 0.05) is 27.9 Å². The quantitative estimate of drug-likeness (QED) is 0.184. The molecule has 212 valence electrons. The number of fused-ring (bicyclic) bond motifs is 1. The maximum Gasteiger partial charge on any atom is 0.358 e. The fourth-order valence-corrected chi connectivity index (χ4v) is 5.11. The van der Waals surface area contributed by atoms with Crippen molar-refractivity contribution in [3.8, 4) is 5.75 Å². The number of hydrogen-bond acceptors (Lipinski definition) is 5. The zero-order valence-corrected chi connectivity index (χ0v) is 24.9. The predicted octanol–water partition coefficient (Wildman–Crippen LogP) is 8.30. The van der Waals surface area contributed by atoms with Crippen LogP contribution < -0.4 is 4.74 Å². The summed E-state index contributed by atoms with van der Waals surface area (Å²) in [6, 6.07) is 31.2. The van der Waals surface area contributed by atoms with Crippen LogP contribution in [0.3, 0.4) is 0 Å². The van der Waals surface area contributed by atoms with Gasteiger partial charge in [0.1, 0.15) is 17.2 Å². The molecule has 0 radical (unpaired) electrons. The highest BCUT2D eigenvalue weighted by Crippen LogP contribution is 2.32. The lowest BCUT2D eigenvalue weighted by Crippen LogP contribution is -2.23. The molecule has 0 spiro atoms. The predicted molar refractivity (Wildman–Crippen MR) is 163 cm³/mol. The zero-order valence-electron chi connectivity index (χ0n) is 24.1. The molecule has 0 saturated heterocycles. The van der Waals surface area contributed by atoms with Gasteiger partial charge in [0.25, 0.3) is 0 Å². The molecule has 5 aromatic rings. The van der Waals surface area contributed by atoms with Crippen molar-refractivity contribution < 1.29 is 18.7 Å². The Morgan fingerprint density at radius 2 is 1.51 bits per heavy atom. The number of aromatic nitrogens is 2. The van der Waals surface area contributed by atoms with Gasteiger partial charge in [0.05, 0.1) is 7.11 Å². The lowest BCUT2D eigenvalue weighted by atomic mass is 10.0. The monoisotopic (exact) mass is 570 g/mol. The van der Waals surface area contributed by atoms with Crippen LogP contribution in [0.2, 0.25) is 0 Å². The first-order valence-electron chi connectivity index (χ1n) is 13.4. The van der Waals surface area contributed by atoms with Gasteiger partial charge in [0.2, 0.25) is 0 Å². The summed E-state index contributed by atoms with van der Waals surface area (Å²) in [4.78, 5) is 14.2. The van der Waals surface area contributed by atoms with Gasteiger partial charge in [0.15, 0.2) is 5.69 Å². The van der Waals surface area contributed by atoms with Gasteiger partial charge in [-0.25, -0.2) is 9.18 Å². The van der Waals surface area contributed by atoms with Gasteiger partial charge in [-0.15, -0.1) is 0 Å². The van der Waals surface area contributed by atoms with E-state index in [9.17, 15) is 9.18 Å². The second-order valence-corrected chi connectivity index (χ2v) is 11.7. The highest BCUT2D eigenvalue weighted by Gasteiger charge is 2.17. The average Bonchev–Trinajstić information content (AvgIpc) is 3.32. The second-order valence-electron chi connectivity index (χ2n) is 10.5. The third kappa shape index (κ3) is 8.69. The maximum absolute atomic E-state index is 13.8. The number of aryl methyl sites for hydroxylation is 3. The molecule has 5 nitrogen and oxygen atoms in total. The standard InChI is InChI=1S/C22H25FN2O3.C12H10S/c1-22(2,3)28-20-11-14(10-15-12-16(23)7-9-18(15)20)6-8-17-13-19(21(26)27-5)24-25(17)4;1-3-7-11(8-4-1)13-12-9-5-2-6-10-12/h7,9-13H,6,8H2,1-5H3;1-10H. The summed E-state index contributed by atoms with van der Waals surface area (Å²) in [5.74, 6) is 0.00450. The van der Waals surface area contributed by atoms with E-state index in [0.717, 1.165) is 27.8 Å². The molecule has 5 rings (SSSR count). The molecule has 0 aliphatic heterocycles. The molecular formula is C34H35FN2O3S. The van der Waals surface area contributed by atoms with E-state index in [1.54, 1.807) is 35.6 Å². The Hall–Kier alpha value is -4.10. The fourth-order valence-electron chi connectivity index (χ4n) is 4.25. The highest BCUT2D eigenvalue weighted by atomic mass is 32.2. The van der Waals surface area contributed by atoms with Crippen LogP contribution in [0.1, 0.15) is 42.5 Å². The molecule has 1 heterocycles. The number of esters is 1. The second kappa shape index (κ2) is 13.5. The van der Waals surface area contributed by atoms with Crippen molar-refractivity contribution >= 4 is 28.5 Å². The number of carbonyl (C=O) groups excluding carboxylic acids is 1. The van der Waals surface area contributed by atoms with Crippen LogP contribution in [-0.4, -0.2) is 28.5 Å². The Morgan fingerprint density at radius 3 is 2.10 bits per heavy atom. The number of ether oxygens (including phenoxy) is 2. The molecule has 0 N–H and O–H groups in total. The van der Waals surface area contributed by atoms with Crippen LogP contribution in [0.4, 0.5) is 4.39 Å². The van der Waals surface area contributed by atoms with Gasteiger partial charge in [-0.1, -0.05) is 54.2 Å². The van der Waals surface area contributed by atoms with E-state index in [1.165, 1.54) is 29.0 Å². The molecule has 0 atom stereocenters. The molecular weight excluding hydrogens is 535 g/mol. The molecule has 41 heavy (non-hydrogen) atoms. The largest absolute Gasteiger partial charge is 0.488 e. The molecule has 0 unspecified atom stereocenters. The van der Waals surface area contributed by atoms with Crippen LogP contribution in [-0.2, 0) is 24.6 Å². The molecule has 4 aromatic carbocycles. The summed E-state index contributed by atoms with van der Waals surface area (Å²) in [7, 11) is 3.13. The van der Waals surface area contributed by atoms with E-state index in [0.29, 0.717) is 12.8 Å². The van der Waals surface area contributed by atoms with Crippen molar-refractivity contribution in [2.24, 2.45) is 7.05 Å². The highest BCUT2D eigenvalue weighted by molar-refractivity contribution is 7.99. The first-order chi connectivity index (χ1) is 19.6. The minimum absolute atomic E-state index is 0.277. The van der Waals surface area contributed by atoms with Crippen LogP contribution in [0, 0.1) is 5.82 Å². The van der Waals surface area contributed by atoms with E-state index >= 15 is 0 Å². The summed E-state index contributed by atoms with van der Waals surface area (Å²) in [6.07, 6.45) is 1.38. The molecule has 7 heteroatoms. The van der Waals surface area contributed by atoms with E-state index in [4.69, 9.17) is 9.47 Å². The number of methoxy groups -OCH3 is 1. The van der Waals surface area contributed by atoms with Crippen molar-refractivity contribution in [1.82, 2.24) is 9.78 Å². The maximum atomic E-state index is 13.8. The van der Waals surface area contributed by atoms with E-state index in [2.05, 4.69) is 53.6 Å². The van der Waals surface area contributed by atoms with Crippen LogP contribution in [0.25, 0.3) is 10.8 Å². The Labute approximate surface area is 245 Å². The Kier molecular flexibility index (Phi) is 9.84. The summed E-state index contributed by atoms with van der Waals surface area (Å²) in [6.45, 7) is 5.96. The van der Waals surface area contributed by atoms with Crippen molar-refractivity contribution in [2.45, 2.75) is 49.0 Å². The third-order valence-corrected chi connectivity index (χ3v) is 7.13. The normalized spacial score (nSPS) is 11.1. The van der Waals surface area contributed by atoms with E-state index < -0.39 is 5.97 Å². The molecule has 0 amide bonds. The summed E-state index contributed by atoms with van der Waals surface area (Å²) in [5, 5.41) is 5.87. The summed E-state index contributed by atoms with van der Waals surface area (Å²) >= 11 is 1.79. The van der Waals surface area contributed by atoms with Gasteiger partial charge >= 0.3 is 5.97 Å². The minimum atomic E-state index is -0.455. The number of rotatable bonds is 7. The zero-order chi connectivity index (χ0) is 29.4. The summed E-state index contributed by atoms with van der Waals surface area (Å²) < 4.78 is 26.3. The Bertz CT molecular complexity index is 1560.